The number of carboxylic acid groups (broad SMARTS) is 1. The Morgan fingerprint density at radius 1 is 1.03 bits per heavy atom. The molecule has 0 saturated heterocycles. The number of hydrogen-bond donors (Lipinski definition) is 2. The molecule has 0 bridgehead atoms. The van der Waals surface area contributed by atoms with Gasteiger partial charge in [0.25, 0.3) is 0 Å². The standard InChI is InChI=1S/C30H29NO3.ClH/c1-20-14-15-24(18-27(20)29(32)33)30(17-16-23-9-4-6-13-28(23)34-30)19-31-21(2)25-12-7-10-22-8-3-5-11-26(22)25;/h3-15,18,21,31H,16-17,19H2,1-2H3,(H,32,33);1H/t21-,30+;/m1./s1. The van der Waals surface area contributed by atoms with Crippen molar-refractivity contribution in [2.45, 2.75) is 38.3 Å². The van der Waals surface area contributed by atoms with Crippen LogP contribution in [-0.4, -0.2) is 17.6 Å². The number of ether oxygens (including phenoxy) is 1. The van der Waals surface area contributed by atoms with Crippen LogP contribution in [0.4, 0.5) is 0 Å². The average molecular weight is 488 g/mol. The van der Waals surface area contributed by atoms with E-state index in [4.69, 9.17) is 4.74 Å². The van der Waals surface area contributed by atoms with E-state index in [1.807, 2.05) is 37.3 Å². The highest BCUT2D eigenvalue weighted by molar-refractivity contribution is 5.89. The zero-order valence-electron chi connectivity index (χ0n) is 20.0. The normalized spacial score (nSPS) is 17.7. The summed E-state index contributed by atoms with van der Waals surface area (Å²) in [6.45, 7) is 4.57. The van der Waals surface area contributed by atoms with Crippen molar-refractivity contribution in [2.75, 3.05) is 6.54 Å². The molecule has 2 N–H and O–H groups in total. The molecule has 35 heavy (non-hydrogen) atoms. The van der Waals surface area contributed by atoms with E-state index in [1.54, 1.807) is 6.07 Å². The quantitative estimate of drug-likeness (QED) is 0.312. The largest absolute Gasteiger partial charge is 0.481 e. The maximum absolute atomic E-state index is 11.9. The van der Waals surface area contributed by atoms with Crippen LogP contribution in [0.3, 0.4) is 0 Å². The van der Waals surface area contributed by atoms with Gasteiger partial charge in [0.15, 0.2) is 0 Å². The summed E-state index contributed by atoms with van der Waals surface area (Å²) in [7, 11) is 0. The number of aryl methyl sites for hydroxylation is 2. The first kappa shape index (κ1) is 24.8. The van der Waals surface area contributed by atoms with Gasteiger partial charge in [0.05, 0.1) is 5.56 Å². The van der Waals surface area contributed by atoms with Gasteiger partial charge in [0, 0.05) is 12.6 Å². The van der Waals surface area contributed by atoms with Gasteiger partial charge in [-0.2, -0.15) is 0 Å². The van der Waals surface area contributed by atoms with Gasteiger partial charge in [-0.1, -0.05) is 72.8 Å². The zero-order chi connectivity index (χ0) is 23.7. The lowest BCUT2D eigenvalue weighted by Gasteiger charge is -2.40. The van der Waals surface area contributed by atoms with Crippen LogP contribution in [0, 0.1) is 6.92 Å². The van der Waals surface area contributed by atoms with Crippen LogP contribution in [-0.2, 0) is 12.0 Å². The van der Waals surface area contributed by atoms with E-state index >= 15 is 0 Å². The lowest BCUT2D eigenvalue weighted by atomic mass is 9.83. The van der Waals surface area contributed by atoms with E-state index in [0.29, 0.717) is 12.1 Å². The zero-order valence-corrected chi connectivity index (χ0v) is 20.8. The summed E-state index contributed by atoms with van der Waals surface area (Å²) in [6, 6.07) is 28.7. The first-order chi connectivity index (χ1) is 16.5. The van der Waals surface area contributed by atoms with Gasteiger partial charge >= 0.3 is 5.97 Å². The van der Waals surface area contributed by atoms with Crippen molar-refractivity contribution in [2.24, 2.45) is 0 Å². The molecule has 0 spiro atoms. The summed E-state index contributed by atoms with van der Waals surface area (Å²) in [6.07, 6.45) is 1.64. The second-order valence-corrected chi connectivity index (χ2v) is 9.21. The van der Waals surface area contributed by atoms with E-state index in [2.05, 4.69) is 60.8 Å². The Bertz CT molecular complexity index is 1360. The summed E-state index contributed by atoms with van der Waals surface area (Å²) in [5.41, 5.74) is 3.72. The number of benzene rings is 4. The van der Waals surface area contributed by atoms with E-state index in [9.17, 15) is 9.90 Å². The maximum Gasteiger partial charge on any atom is 0.335 e. The van der Waals surface area contributed by atoms with Crippen molar-refractivity contribution in [1.82, 2.24) is 5.32 Å². The third-order valence-corrected chi connectivity index (χ3v) is 7.05. The molecule has 4 nitrogen and oxygen atoms in total. The Hall–Kier alpha value is -3.34. The van der Waals surface area contributed by atoms with Crippen LogP contribution in [0.1, 0.15) is 52.0 Å². The number of carbonyl (C=O) groups is 1. The van der Waals surface area contributed by atoms with Crippen molar-refractivity contribution >= 4 is 29.1 Å². The predicted octanol–water partition coefficient (Wildman–Crippen LogP) is 6.84. The number of carboxylic acids is 1. The van der Waals surface area contributed by atoms with E-state index in [1.165, 1.54) is 21.9 Å². The van der Waals surface area contributed by atoms with E-state index in [-0.39, 0.29) is 18.4 Å². The molecule has 2 atom stereocenters. The number of halogens is 1. The summed E-state index contributed by atoms with van der Waals surface area (Å²) < 4.78 is 6.70. The number of aromatic carboxylic acids is 1. The molecule has 1 aliphatic heterocycles. The van der Waals surface area contributed by atoms with Gasteiger partial charge in [0.1, 0.15) is 11.4 Å². The molecular formula is C30H30ClNO3. The number of nitrogens with one attached hydrogen (secondary N) is 1. The highest BCUT2D eigenvalue weighted by atomic mass is 35.5. The van der Waals surface area contributed by atoms with E-state index < -0.39 is 11.6 Å². The Morgan fingerprint density at radius 2 is 1.77 bits per heavy atom. The van der Waals surface area contributed by atoms with Gasteiger partial charge in [0.2, 0.25) is 0 Å². The lowest BCUT2D eigenvalue weighted by Crippen LogP contribution is -2.46. The maximum atomic E-state index is 11.9. The molecule has 0 radical (unpaired) electrons. The fraction of sp³-hybridized carbons (Fsp3) is 0.233. The molecule has 5 rings (SSSR count). The van der Waals surface area contributed by atoms with Gasteiger partial charge in [-0.05, 0) is 71.8 Å². The highest BCUT2D eigenvalue weighted by Crippen LogP contribution is 2.40. The molecule has 5 heteroatoms. The summed E-state index contributed by atoms with van der Waals surface area (Å²) in [4.78, 5) is 11.9. The summed E-state index contributed by atoms with van der Waals surface area (Å²) >= 11 is 0. The van der Waals surface area contributed by atoms with Gasteiger partial charge in [-0.3, -0.25) is 0 Å². The second kappa shape index (κ2) is 10.1. The van der Waals surface area contributed by atoms with Crippen LogP contribution in [0.15, 0.2) is 84.9 Å². The molecule has 0 aromatic heterocycles. The van der Waals surface area contributed by atoms with Crippen molar-refractivity contribution in [3.63, 3.8) is 0 Å². The fourth-order valence-corrected chi connectivity index (χ4v) is 5.03. The fourth-order valence-electron chi connectivity index (χ4n) is 5.03. The van der Waals surface area contributed by atoms with E-state index in [0.717, 1.165) is 29.7 Å². The molecular weight excluding hydrogens is 458 g/mol. The Balaban J connectivity index is 0.00000289. The first-order valence-electron chi connectivity index (χ1n) is 11.8. The molecule has 0 amide bonds. The Kier molecular flexibility index (Phi) is 7.15. The first-order valence-corrected chi connectivity index (χ1v) is 11.8. The predicted molar refractivity (Wildman–Crippen MR) is 143 cm³/mol. The average Bonchev–Trinajstić information content (AvgIpc) is 2.87. The van der Waals surface area contributed by atoms with Gasteiger partial charge < -0.3 is 15.2 Å². The van der Waals surface area contributed by atoms with Gasteiger partial charge in [-0.25, -0.2) is 4.79 Å². The van der Waals surface area contributed by atoms with Crippen molar-refractivity contribution in [3.8, 4) is 5.75 Å². The number of para-hydroxylation sites is 1. The van der Waals surface area contributed by atoms with Crippen LogP contribution in [0.25, 0.3) is 10.8 Å². The molecule has 0 saturated carbocycles. The molecule has 4 aromatic carbocycles. The molecule has 180 valence electrons. The van der Waals surface area contributed by atoms with Crippen LogP contribution in [0.2, 0.25) is 0 Å². The Labute approximate surface area is 212 Å². The number of fused-ring (bicyclic) bond motifs is 2. The number of hydrogen-bond acceptors (Lipinski definition) is 3. The molecule has 0 fully saturated rings. The smallest absolute Gasteiger partial charge is 0.335 e. The topological polar surface area (TPSA) is 58.6 Å². The monoisotopic (exact) mass is 487 g/mol. The Morgan fingerprint density at radius 3 is 2.60 bits per heavy atom. The molecule has 0 aliphatic carbocycles. The van der Waals surface area contributed by atoms with Crippen molar-refractivity contribution < 1.29 is 14.6 Å². The number of rotatable bonds is 6. The minimum absolute atomic E-state index is 0. The third kappa shape index (κ3) is 4.77. The molecule has 0 unspecified atom stereocenters. The van der Waals surface area contributed by atoms with Crippen molar-refractivity contribution in [3.05, 3.63) is 113 Å². The molecule has 1 aliphatic rings. The second-order valence-electron chi connectivity index (χ2n) is 9.21. The lowest BCUT2D eigenvalue weighted by molar-refractivity contribution is 0.0401. The van der Waals surface area contributed by atoms with Crippen LogP contribution in [0.5, 0.6) is 5.75 Å². The SMILES string of the molecule is Cc1ccc([C@@]2(CN[C@H](C)c3cccc4ccccc34)CCc3ccccc3O2)cc1C(=O)O.Cl. The molecule has 1 heterocycles. The van der Waals surface area contributed by atoms with Gasteiger partial charge in [-0.15, -0.1) is 12.4 Å². The third-order valence-electron chi connectivity index (χ3n) is 7.05. The van der Waals surface area contributed by atoms with Crippen LogP contribution >= 0.6 is 12.4 Å². The summed E-state index contributed by atoms with van der Waals surface area (Å²) in [5, 5.41) is 15.9. The van der Waals surface area contributed by atoms with Crippen LogP contribution < -0.4 is 10.1 Å². The highest BCUT2D eigenvalue weighted by Gasteiger charge is 2.39. The minimum Gasteiger partial charge on any atom is -0.481 e. The minimum atomic E-state index is -0.914. The molecule has 4 aromatic rings. The van der Waals surface area contributed by atoms with Crippen molar-refractivity contribution in [1.29, 1.82) is 0 Å². The summed E-state index contributed by atoms with van der Waals surface area (Å²) in [5.74, 6) is -0.0476.